The SMILES string of the molecule is CCC(NC[C@H](O)c1ccc(Cl)cc1)c1ccc(OC)cc1. The highest BCUT2D eigenvalue weighted by Crippen LogP contribution is 2.21. The molecule has 0 aliphatic heterocycles. The minimum absolute atomic E-state index is 0.202. The van der Waals surface area contributed by atoms with Crippen molar-refractivity contribution in [3.8, 4) is 5.75 Å². The van der Waals surface area contributed by atoms with Crippen LogP contribution in [0.3, 0.4) is 0 Å². The van der Waals surface area contributed by atoms with E-state index in [1.807, 2.05) is 24.3 Å². The highest BCUT2D eigenvalue weighted by atomic mass is 35.5. The van der Waals surface area contributed by atoms with Crippen LogP contribution in [0.1, 0.15) is 36.6 Å². The summed E-state index contributed by atoms with van der Waals surface area (Å²) in [4.78, 5) is 0. The summed E-state index contributed by atoms with van der Waals surface area (Å²) in [6, 6.07) is 15.5. The van der Waals surface area contributed by atoms with Crippen LogP contribution in [-0.2, 0) is 0 Å². The molecule has 0 bridgehead atoms. The van der Waals surface area contributed by atoms with Crippen LogP contribution >= 0.6 is 11.6 Å². The monoisotopic (exact) mass is 319 g/mol. The lowest BCUT2D eigenvalue weighted by atomic mass is 10.0. The van der Waals surface area contributed by atoms with Crippen molar-refractivity contribution < 1.29 is 9.84 Å². The van der Waals surface area contributed by atoms with Crippen LogP contribution in [0, 0.1) is 0 Å². The Morgan fingerprint density at radius 3 is 2.18 bits per heavy atom. The normalized spacial score (nSPS) is 13.6. The summed E-state index contributed by atoms with van der Waals surface area (Å²) >= 11 is 5.86. The van der Waals surface area contributed by atoms with E-state index in [4.69, 9.17) is 16.3 Å². The second-order valence-corrected chi connectivity index (χ2v) is 5.65. The van der Waals surface area contributed by atoms with Gasteiger partial charge in [-0.05, 0) is 41.8 Å². The number of ether oxygens (including phenoxy) is 1. The lowest BCUT2D eigenvalue weighted by Gasteiger charge is -2.20. The third-order valence-corrected chi connectivity index (χ3v) is 3.99. The van der Waals surface area contributed by atoms with E-state index in [0.29, 0.717) is 11.6 Å². The predicted octanol–water partition coefficient (Wildman–Crippen LogP) is 4.12. The van der Waals surface area contributed by atoms with Crippen LogP contribution < -0.4 is 10.1 Å². The molecule has 0 aromatic heterocycles. The number of rotatable bonds is 7. The zero-order chi connectivity index (χ0) is 15.9. The first-order valence-electron chi connectivity index (χ1n) is 7.45. The first-order chi connectivity index (χ1) is 10.6. The number of halogens is 1. The van der Waals surface area contributed by atoms with E-state index in [1.54, 1.807) is 19.2 Å². The van der Waals surface area contributed by atoms with Gasteiger partial charge in [0.05, 0.1) is 13.2 Å². The average molecular weight is 320 g/mol. The zero-order valence-electron chi connectivity index (χ0n) is 12.9. The summed E-state index contributed by atoms with van der Waals surface area (Å²) in [7, 11) is 1.66. The molecule has 0 radical (unpaired) electrons. The molecule has 0 spiro atoms. The van der Waals surface area contributed by atoms with Crippen molar-refractivity contribution in [2.45, 2.75) is 25.5 Å². The Bertz CT molecular complexity index is 569. The maximum absolute atomic E-state index is 10.3. The Balaban J connectivity index is 1.96. The maximum atomic E-state index is 10.3. The van der Waals surface area contributed by atoms with Crippen LogP contribution in [0.25, 0.3) is 0 Å². The van der Waals surface area contributed by atoms with Gasteiger partial charge in [-0.2, -0.15) is 0 Å². The molecule has 118 valence electrons. The van der Waals surface area contributed by atoms with E-state index in [1.165, 1.54) is 5.56 Å². The van der Waals surface area contributed by atoms with Crippen molar-refractivity contribution >= 4 is 11.6 Å². The smallest absolute Gasteiger partial charge is 0.118 e. The van der Waals surface area contributed by atoms with Crippen molar-refractivity contribution in [1.29, 1.82) is 0 Å². The fraction of sp³-hybridized carbons (Fsp3) is 0.333. The molecule has 4 heteroatoms. The standard InChI is InChI=1S/C18H22ClNO2/c1-3-17(13-6-10-16(22-2)11-7-13)20-12-18(21)14-4-8-15(19)9-5-14/h4-11,17-18,20-21H,3,12H2,1-2H3/t17?,18-/m0/s1. The van der Waals surface area contributed by atoms with Gasteiger partial charge in [0.15, 0.2) is 0 Å². The molecule has 22 heavy (non-hydrogen) atoms. The predicted molar refractivity (Wildman–Crippen MR) is 90.4 cm³/mol. The molecule has 0 saturated carbocycles. The molecule has 1 unspecified atom stereocenters. The maximum Gasteiger partial charge on any atom is 0.118 e. The van der Waals surface area contributed by atoms with Crippen molar-refractivity contribution in [3.05, 3.63) is 64.7 Å². The fourth-order valence-electron chi connectivity index (χ4n) is 2.39. The highest BCUT2D eigenvalue weighted by molar-refractivity contribution is 6.30. The van der Waals surface area contributed by atoms with Crippen LogP contribution in [0.5, 0.6) is 5.75 Å². The summed E-state index contributed by atoms with van der Waals surface area (Å²) in [6.45, 7) is 2.61. The minimum Gasteiger partial charge on any atom is -0.497 e. The van der Waals surface area contributed by atoms with E-state index in [9.17, 15) is 5.11 Å². The van der Waals surface area contributed by atoms with Gasteiger partial charge < -0.3 is 15.2 Å². The molecule has 0 aliphatic rings. The summed E-state index contributed by atoms with van der Waals surface area (Å²) in [6.07, 6.45) is 0.393. The molecule has 2 N–H and O–H groups in total. The van der Waals surface area contributed by atoms with Gasteiger partial charge in [-0.1, -0.05) is 42.8 Å². The topological polar surface area (TPSA) is 41.5 Å². The van der Waals surface area contributed by atoms with Gasteiger partial charge >= 0.3 is 0 Å². The first kappa shape index (κ1) is 16.8. The molecule has 0 amide bonds. The molecule has 2 atom stereocenters. The van der Waals surface area contributed by atoms with Crippen LogP contribution in [0.4, 0.5) is 0 Å². The van der Waals surface area contributed by atoms with Crippen molar-refractivity contribution in [2.75, 3.05) is 13.7 Å². The second-order valence-electron chi connectivity index (χ2n) is 5.21. The molecular formula is C18H22ClNO2. The lowest BCUT2D eigenvalue weighted by molar-refractivity contribution is 0.169. The number of aliphatic hydroxyl groups is 1. The molecule has 2 aromatic rings. The van der Waals surface area contributed by atoms with Crippen molar-refractivity contribution in [2.24, 2.45) is 0 Å². The Hall–Kier alpha value is -1.55. The Morgan fingerprint density at radius 2 is 1.64 bits per heavy atom. The molecule has 2 aromatic carbocycles. The summed E-state index contributed by atoms with van der Waals surface area (Å²) < 4.78 is 5.18. The number of hydrogen-bond donors (Lipinski definition) is 2. The largest absolute Gasteiger partial charge is 0.497 e. The van der Waals surface area contributed by atoms with Gasteiger partial charge in [-0.25, -0.2) is 0 Å². The van der Waals surface area contributed by atoms with Crippen LogP contribution in [0.2, 0.25) is 5.02 Å². The average Bonchev–Trinajstić information content (AvgIpc) is 2.56. The number of aliphatic hydroxyl groups excluding tert-OH is 1. The Kier molecular flexibility index (Phi) is 6.25. The summed E-state index contributed by atoms with van der Waals surface area (Å²) in [5.74, 6) is 0.847. The van der Waals surface area contributed by atoms with E-state index >= 15 is 0 Å². The summed E-state index contributed by atoms with van der Waals surface area (Å²) in [5, 5.41) is 14.3. The zero-order valence-corrected chi connectivity index (χ0v) is 13.7. The van der Waals surface area contributed by atoms with Crippen LogP contribution in [0.15, 0.2) is 48.5 Å². The highest BCUT2D eigenvalue weighted by Gasteiger charge is 2.13. The summed E-state index contributed by atoms with van der Waals surface area (Å²) in [5.41, 5.74) is 2.05. The molecular weight excluding hydrogens is 298 g/mol. The Labute approximate surface area is 136 Å². The van der Waals surface area contributed by atoms with Gasteiger partial charge in [0.1, 0.15) is 5.75 Å². The minimum atomic E-state index is -0.551. The molecule has 0 saturated heterocycles. The lowest BCUT2D eigenvalue weighted by Crippen LogP contribution is -2.26. The van der Waals surface area contributed by atoms with Crippen molar-refractivity contribution in [3.63, 3.8) is 0 Å². The van der Waals surface area contributed by atoms with E-state index < -0.39 is 6.10 Å². The van der Waals surface area contributed by atoms with Gasteiger partial charge in [0.2, 0.25) is 0 Å². The number of methoxy groups -OCH3 is 1. The third kappa shape index (κ3) is 4.47. The number of nitrogens with one attached hydrogen (secondary N) is 1. The molecule has 0 fully saturated rings. The Morgan fingerprint density at radius 1 is 1.05 bits per heavy atom. The molecule has 0 aliphatic carbocycles. The van der Waals surface area contributed by atoms with Gasteiger partial charge in [0.25, 0.3) is 0 Å². The van der Waals surface area contributed by atoms with Gasteiger partial charge in [0, 0.05) is 17.6 Å². The molecule has 2 rings (SSSR count). The molecule has 3 nitrogen and oxygen atoms in total. The number of benzene rings is 2. The fourth-order valence-corrected chi connectivity index (χ4v) is 2.52. The number of hydrogen-bond acceptors (Lipinski definition) is 3. The van der Waals surface area contributed by atoms with E-state index in [0.717, 1.165) is 17.7 Å². The second kappa shape index (κ2) is 8.18. The van der Waals surface area contributed by atoms with Crippen molar-refractivity contribution in [1.82, 2.24) is 5.32 Å². The molecule has 0 heterocycles. The third-order valence-electron chi connectivity index (χ3n) is 3.74. The van der Waals surface area contributed by atoms with E-state index in [-0.39, 0.29) is 6.04 Å². The van der Waals surface area contributed by atoms with Gasteiger partial charge in [-0.3, -0.25) is 0 Å². The quantitative estimate of drug-likeness (QED) is 0.806. The van der Waals surface area contributed by atoms with E-state index in [2.05, 4.69) is 24.4 Å². The van der Waals surface area contributed by atoms with Gasteiger partial charge in [-0.15, -0.1) is 0 Å². The first-order valence-corrected chi connectivity index (χ1v) is 7.82. The van der Waals surface area contributed by atoms with Crippen LogP contribution in [-0.4, -0.2) is 18.8 Å².